The summed E-state index contributed by atoms with van der Waals surface area (Å²) in [5.74, 6) is 0.530. The number of hydrogen-bond acceptors (Lipinski definition) is 2. The summed E-state index contributed by atoms with van der Waals surface area (Å²) in [4.78, 5) is 14.5. The predicted molar refractivity (Wildman–Crippen MR) is 87.5 cm³/mol. The fraction of sp³-hybridized carbons (Fsp3) is 0.562. The van der Waals surface area contributed by atoms with E-state index < -0.39 is 0 Å². The number of carbonyl (C=O) groups is 1. The van der Waals surface area contributed by atoms with Crippen LogP contribution in [0.5, 0.6) is 0 Å². The molecule has 3 unspecified atom stereocenters. The summed E-state index contributed by atoms with van der Waals surface area (Å²) in [6.07, 6.45) is 3.07. The summed E-state index contributed by atoms with van der Waals surface area (Å²) in [6, 6.07) is 5.32. The minimum atomic E-state index is -0.0821. The molecule has 1 saturated carbocycles. The second kappa shape index (κ2) is 6.99. The lowest BCUT2D eigenvalue weighted by Crippen LogP contribution is -2.38. The van der Waals surface area contributed by atoms with E-state index in [1.807, 2.05) is 20.0 Å². The molecule has 0 heterocycles. The van der Waals surface area contributed by atoms with Crippen molar-refractivity contribution in [1.29, 1.82) is 0 Å². The van der Waals surface area contributed by atoms with Crippen LogP contribution in [0.25, 0.3) is 0 Å². The van der Waals surface area contributed by atoms with Crippen molar-refractivity contribution >= 4 is 29.1 Å². The van der Waals surface area contributed by atoms with Crippen LogP contribution in [0.4, 0.5) is 0 Å². The molecule has 21 heavy (non-hydrogen) atoms. The van der Waals surface area contributed by atoms with Gasteiger partial charge in [0.05, 0.1) is 6.04 Å². The van der Waals surface area contributed by atoms with Gasteiger partial charge in [-0.15, -0.1) is 0 Å². The Labute approximate surface area is 136 Å². The monoisotopic (exact) mass is 328 g/mol. The van der Waals surface area contributed by atoms with Crippen molar-refractivity contribution in [3.63, 3.8) is 0 Å². The largest absolute Gasteiger partial charge is 0.339 e. The molecule has 2 N–H and O–H groups in total. The van der Waals surface area contributed by atoms with Crippen LogP contribution in [0.3, 0.4) is 0 Å². The van der Waals surface area contributed by atoms with Crippen molar-refractivity contribution in [2.24, 2.45) is 17.6 Å². The number of halogens is 2. The molecule has 0 aromatic heterocycles. The Balaban J connectivity index is 2.14. The van der Waals surface area contributed by atoms with Crippen LogP contribution in [0.15, 0.2) is 18.2 Å². The standard InChI is InChI=1S/C16H22Cl2N2O/c1-10(13-7-6-12(17)8-15(13)18)20(2)16(21)14-5-3-4-11(14)9-19/h6-8,10-11,14H,3-5,9,19H2,1-2H3. The molecule has 1 aromatic carbocycles. The maximum absolute atomic E-state index is 12.7. The molecule has 5 heteroatoms. The lowest BCUT2D eigenvalue weighted by molar-refractivity contribution is -0.137. The van der Waals surface area contributed by atoms with Crippen molar-refractivity contribution in [1.82, 2.24) is 4.90 Å². The van der Waals surface area contributed by atoms with Crippen molar-refractivity contribution in [3.8, 4) is 0 Å². The minimum Gasteiger partial charge on any atom is -0.339 e. The molecule has 0 radical (unpaired) electrons. The van der Waals surface area contributed by atoms with Crippen molar-refractivity contribution in [3.05, 3.63) is 33.8 Å². The molecule has 3 atom stereocenters. The van der Waals surface area contributed by atoms with Crippen LogP contribution in [-0.2, 0) is 4.79 Å². The van der Waals surface area contributed by atoms with Gasteiger partial charge in [-0.25, -0.2) is 0 Å². The molecule has 3 nitrogen and oxygen atoms in total. The van der Waals surface area contributed by atoms with E-state index in [4.69, 9.17) is 28.9 Å². The molecular formula is C16H22Cl2N2O. The number of rotatable bonds is 4. The van der Waals surface area contributed by atoms with E-state index in [0.29, 0.717) is 22.5 Å². The highest BCUT2D eigenvalue weighted by Gasteiger charge is 2.35. The summed E-state index contributed by atoms with van der Waals surface area (Å²) in [6.45, 7) is 2.57. The van der Waals surface area contributed by atoms with Crippen LogP contribution < -0.4 is 5.73 Å². The van der Waals surface area contributed by atoms with Gasteiger partial charge in [0.2, 0.25) is 5.91 Å². The molecule has 1 aromatic rings. The first-order valence-electron chi connectivity index (χ1n) is 7.37. The van der Waals surface area contributed by atoms with Gasteiger partial charge in [-0.1, -0.05) is 35.7 Å². The smallest absolute Gasteiger partial charge is 0.226 e. The zero-order valence-corrected chi connectivity index (χ0v) is 14.0. The van der Waals surface area contributed by atoms with Crippen LogP contribution in [-0.4, -0.2) is 24.4 Å². The van der Waals surface area contributed by atoms with E-state index in [1.165, 1.54) is 0 Å². The van der Waals surface area contributed by atoms with E-state index in [1.54, 1.807) is 17.0 Å². The third-order valence-corrected chi connectivity index (χ3v) is 5.18. The molecule has 0 spiro atoms. The first-order valence-corrected chi connectivity index (χ1v) is 8.13. The van der Waals surface area contributed by atoms with E-state index >= 15 is 0 Å². The van der Waals surface area contributed by atoms with Gasteiger partial charge < -0.3 is 10.6 Å². The first kappa shape index (κ1) is 16.6. The van der Waals surface area contributed by atoms with Crippen molar-refractivity contribution in [2.75, 3.05) is 13.6 Å². The zero-order chi connectivity index (χ0) is 15.6. The number of nitrogens with two attached hydrogens (primary N) is 1. The van der Waals surface area contributed by atoms with E-state index in [0.717, 1.165) is 24.8 Å². The Hall–Kier alpha value is -0.770. The Kier molecular flexibility index (Phi) is 5.53. The molecular weight excluding hydrogens is 307 g/mol. The average Bonchev–Trinajstić information content (AvgIpc) is 2.93. The van der Waals surface area contributed by atoms with Gasteiger partial charge in [0, 0.05) is 23.0 Å². The summed E-state index contributed by atoms with van der Waals surface area (Å²) in [5, 5.41) is 1.19. The Morgan fingerprint density at radius 3 is 2.76 bits per heavy atom. The van der Waals surface area contributed by atoms with Gasteiger partial charge in [0.15, 0.2) is 0 Å². The van der Waals surface area contributed by atoms with Crippen LogP contribution >= 0.6 is 23.2 Å². The molecule has 0 saturated heterocycles. The molecule has 0 bridgehead atoms. The predicted octanol–water partition coefficient (Wildman–Crippen LogP) is 3.89. The molecule has 1 aliphatic carbocycles. The zero-order valence-electron chi connectivity index (χ0n) is 12.5. The maximum atomic E-state index is 12.7. The van der Waals surface area contributed by atoms with Crippen molar-refractivity contribution in [2.45, 2.75) is 32.2 Å². The quantitative estimate of drug-likeness (QED) is 0.911. The van der Waals surface area contributed by atoms with Gasteiger partial charge >= 0.3 is 0 Å². The highest BCUT2D eigenvalue weighted by Crippen LogP contribution is 2.35. The number of amides is 1. The van der Waals surface area contributed by atoms with Crippen LogP contribution in [0, 0.1) is 11.8 Å². The number of nitrogens with zero attached hydrogens (tertiary/aromatic N) is 1. The van der Waals surface area contributed by atoms with Gasteiger partial charge in [-0.2, -0.15) is 0 Å². The van der Waals surface area contributed by atoms with Gasteiger partial charge in [0.1, 0.15) is 0 Å². The van der Waals surface area contributed by atoms with E-state index in [-0.39, 0.29) is 17.9 Å². The summed E-state index contributed by atoms with van der Waals surface area (Å²) in [7, 11) is 1.84. The fourth-order valence-corrected chi connectivity index (χ4v) is 3.71. The number of benzene rings is 1. The highest BCUT2D eigenvalue weighted by atomic mass is 35.5. The van der Waals surface area contributed by atoms with Crippen LogP contribution in [0.2, 0.25) is 10.0 Å². The Morgan fingerprint density at radius 2 is 2.14 bits per heavy atom. The van der Waals surface area contributed by atoms with Crippen molar-refractivity contribution < 1.29 is 4.79 Å². The fourth-order valence-electron chi connectivity index (χ4n) is 3.15. The van der Waals surface area contributed by atoms with Crippen LogP contribution in [0.1, 0.15) is 37.8 Å². The molecule has 1 fully saturated rings. The SMILES string of the molecule is CC(c1ccc(Cl)cc1Cl)N(C)C(=O)C1CCCC1CN. The summed E-state index contributed by atoms with van der Waals surface area (Å²) in [5.41, 5.74) is 6.70. The molecule has 2 rings (SSSR count). The van der Waals surface area contributed by atoms with E-state index in [2.05, 4.69) is 0 Å². The van der Waals surface area contributed by atoms with Gasteiger partial charge in [0.25, 0.3) is 0 Å². The summed E-state index contributed by atoms with van der Waals surface area (Å²) >= 11 is 12.2. The summed E-state index contributed by atoms with van der Waals surface area (Å²) < 4.78 is 0. The van der Waals surface area contributed by atoms with E-state index in [9.17, 15) is 4.79 Å². The third-order valence-electron chi connectivity index (χ3n) is 4.62. The number of carbonyl (C=O) groups excluding carboxylic acids is 1. The second-order valence-corrected chi connectivity index (χ2v) is 6.67. The Morgan fingerprint density at radius 1 is 1.43 bits per heavy atom. The Bertz CT molecular complexity index is 521. The second-order valence-electron chi connectivity index (χ2n) is 5.82. The lowest BCUT2D eigenvalue weighted by atomic mass is 9.94. The molecule has 116 valence electrons. The first-order chi connectivity index (χ1) is 9.95. The molecule has 1 amide bonds. The lowest BCUT2D eigenvalue weighted by Gasteiger charge is -2.30. The molecule has 1 aliphatic rings. The van der Waals surface area contributed by atoms with Gasteiger partial charge in [-0.05, 0) is 49.9 Å². The average molecular weight is 329 g/mol. The minimum absolute atomic E-state index is 0.0496. The highest BCUT2D eigenvalue weighted by molar-refractivity contribution is 6.35. The maximum Gasteiger partial charge on any atom is 0.226 e. The third kappa shape index (κ3) is 3.53. The molecule has 0 aliphatic heterocycles. The van der Waals surface area contributed by atoms with Gasteiger partial charge in [-0.3, -0.25) is 4.79 Å². The normalized spacial score (nSPS) is 23.1. The topological polar surface area (TPSA) is 46.3 Å². The number of hydrogen-bond donors (Lipinski definition) is 1.